The molecule has 0 aliphatic carbocycles. The van der Waals surface area contributed by atoms with Gasteiger partial charge in [0.2, 0.25) is 5.89 Å². The molecule has 74 valence electrons. The van der Waals surface area contributed by atoms with Gasteiger partial charge in [-0.05, 0) is 5.92 Å². The molecule has 1 aromatic heterocycles. The van der Waals surface area contributed by atoms with Crippen LogP contribution in [0.4, 0.5) is 0 Å². The van der Waals surface area contributed by atoms with Crippen LogP contribution in [0.2, 0.25) is 0 Å². The average Bonchev–Trinajstić information content (AvgIpc) is 2.50. The zero-order valence-corrected chi connectivity index (χ0v) is 8.61. The fourth-order valence-corrected chi connectivity index (χ4v) is 0.902. The molecule has 0 fully saturated rings. The van der Waals surface area contributed by atoms with Gasteiger partial charge in [0, 0.05) is 5.92 Å². The molecule has 1 aromatic rings. The largest absolute Gasteiger partial charge is 0.338 e. The lowest BCUT2D eigenvalue weighted by molar-refractivity contribution is 0.321. The summed E-state index contributed by atoms with van der Waals surface area (Å²) in [6, 6.07) is -0.153. The summed E-state index contributed by atoms with van der Waals surface area (Å²) in [5.74, 6) is 1.88. The third-order valence-electron chi connectivity index (χ3n) is 1.98. The van der Waals surface area contributed by atoms with E-state index in [9.17, 15) is 0 Å². The third-order valence-corrected chi connectivity index (χ3v) is 1.98. The van der Waals surface area contributed by atoms with E-state index in [1.54, 1.807) is 0 Å². The lowest BCUT2D eigenvalue weighted by Gasteiger charge is -2.09. The second-order valence-corrected chi connectivity index (χ2v) is 3.92. The maximum absolute atomic E-state index is 5.86. The Morgan fingerprint density at radius 2 is 1.85 bits per heavy atom. The molecule has 0 aromatic carbocycles. The number of rotatable bonds is 3. The molecule has 0 amide bonds. The molecule has 1 atom stereocenters. The van der Waals surface area contributed by atoms with E-state index in [0.29, 0.717) is 11.8 Å². The number of nitrogens with two attached hydrogens (primary N) is 1. The van der Waals surface area contributed by atoms with Gasteiger partial charge in [-0.2, -0.15) is 4.98 Å². The molecule has 0 saturated carbocycles. The van der Waals surface area contributed by atoms with Gasteiger partial charge in [-0.15, -0.1) is 0 Å². The van der Waals surface area contributed by atoms with Crippen LogP contribution in [0.5, 0.6) is 0 Å². The smallest absolute Gasteiger partial charge is 0.243 e. The van der Waals surface area contributed by atoms with Crippen molar-refractivity contribution in [2.45, 2.75) is 39.7 Å². The van der Waals surface area contributed by atoms with Crippen molar-refractivity contribution in [2.75, 3.05) is 0 Å². The maximum atomic E-state index is 5.86. The molecule has 0 saturated heterocycles. The number of hydrogen-bond acceptors (Lipinski definition) is 4. The monoisotopic (exact) mass is 183 g/mol. The molecule has 0 aliphatic heterocycles. The minimum atomic E-state index is -0.153. The Hall–Kier alpha value is -0.900. The van der Waals surface area contributed by atoms with Gasteiger partial charge < -0.3 is 10.3 Å². The Bertz CT molecular complexity index is 268. The highest BCUT2D eigenvalue weighted by Crippen LogP contribution is 2.18. The van der Waals surface area contributed by atoms with Crippen LogP contribution in [0.3, 0.4) is 0 Å². The summed E-state index contributed by atoms with van der Waals surface area (Å²) in [7, 11) is 0. The van der Waals surface area contributed by atoms with E-state index < -0.39 is 0 Å². The molecule has 13 heavy (non-hydrogen) atoms. The van der Waals surface area contributed by atoms with Gasteiger partial charge in [-0.3, -0.25) is 0 Å². The minimum Gasteiger partial charge on any atom is -0.338 e. The molecule has 0 bridgehead atoms. The van der Waals surface area contributed by atoms with Crippen molar-refractivity contribution in [3.8, 4) is 0 Å². The van der Waals surface area contributed by atoms with E-state index in [4.69, 9.17) is 10.3 Å². The predicted octanol–water partition coefficient (Wildman–Crippen LogP) is 1.85. The van der Waals surface area contributed by atoms with Crippen LogP contribution in [-0.4, -0.2) is 10.1 Å². The van der Waals surface area contributed by atoms with Gasteiger partial charge in [0.15, 0.2) is 5.82 Å². The molecule has 2 N–H and O–H groups in total. The maximum Gasteiger partial charge on any atom is 0.243 e. The summed E-state index contributed by atoms with van der Waals surface area (Å²) in [5.41, 5.74) is 5.86. The predicted molar refractivity (Wildman–Crippen MR) is 50.2 cm³/mol. The van der Waals surface area contributed by atoms with Gasteiger partial charge in [-0.25, -0.2) is 0 Å². The third kappa shape index (κ3) is 2.28. The molecule has 0 radical (unpaired) electrons. The summed E-state index contributed by atoms with van der Waals surface area (Å²) in [6.07, 6.45) is 0. The van der Waals surface area contributed by atoms with Crippen LogP contribution in [0.25, 0.3) is 0 Å². The Kier molecular flexibility index (Phi) is 3.03. The average molecular weight is 183 g/mol. The first-order valence-electron chi connectivity index (χ1n) is 4.61. The van der Waals surface area contributed by atoms with E-state index in [1.807, 2.05) is 27.7 Å². The van der Waals surface area contributed by atoms with Crippen LogP contribution in [0, 0.1) is 5.92 Å². The number of aromatic nitrogens is 2. The number of nitrogens with zero attached hydrogens (tertiary/aromatic N) is 2. The normalized spacial score (nSPS) is 14.1. The minimum absolute atomic E-state index is 0.153. The fraction of sp³-hybridized carbons (Fsp3) is 0.778. The summed E-state index contributed by atoms with van der Waals surface area (Å²) in [6.45, 7) is 8.11. The second-order valence-electron chi connectivity index (χ2n) is 3.92. The first kappa shape index (κ1) is 10.2. The molecule has 4 nitrogen and oxygen atoms in total. The van der Waals surface area contributed by atoms with Crippen molar-refractivity contribution in [3.05, 3.63) is 11.7 Å². The van der Waals surface area contributed by atoms with Crippen LogP contribution in [0.1, 0.15) is 51.4 Å². The first-order valence-corrected chi connectivity index (χ1v) is 4.61. The Morgan fingerprint density at radius 1 is 1.23 bits per heavy atom. The lowest BCUT2D eigenvalue weighted by Crippen LogP contribution is -2.17. The Morgan fingerprint density at radius 3 is 2.23 bits per heavy atom. The fourth-order valence-electron chi connectivity index (χ4n) is 0.902. The highest BCUT2D eigenvalue weighted by Gasteiger charge is 2.18. The van der Waals surface area contributed by atoms with Crippen molar-refractivity contribution in [3.63, 3.8) is 0 Å². The summed E-state index contributed by atoms with van der Waals surface area (Å²) in [4.78, 5) is 4.23. The first-order chi connectivity index (χ1) is 6.02. The van der Waals surface area contributed by atoms with E-state index in [2.05, 4.69) is 10.1 Å². The highest BCUT2D eigenvalue weighted by molar-refractivity contribution is 4.96. The highest BCUT2D eigenvalue weighted by atomic mass is 16.5. The summed E-state index contributed by atoms with van der Waals surface area (Å²) < 4.78 is 5.06. The van der Waals surface area contributed by atoms with Crippen molar-refractivity contribution >= 4 is 0 Å². The molecular weight excluding hydrogens is 166 g/mol. The molecular formula is C9H17N3O. The van der Waals surface area contributed by atoms with E-state index in [1.165, 1.54) is 0 Å². The lowest BCUT2D eigenvalue weighted by atomic mass is 10.1. The summed E-state index contributed by atoms with van der Waals surface area (Å²) in [5, 5.41) is 3.85. The molecule has 0 unspecified atom stereocenters. The SMILES string of the molecule is CC(C)c1noc([C@@H](N)C(C)C)n1. The van der Waals surface area contributed by atoms with Gasteiger partial charge >= 0.3 is 0 Å². The topological polar surface area (TPSA) is 64.9 Å². The standard InChI is InChI=1S/C9H17N3O/c1-5(2)7(10)9-11-8(6(3)4)12-13-9/h5-7H,10H2,1-4H3/t7-/m0/s1. The van der Waals surface area contributed by atoms with Crippen LogP contribution >= 0.6 is 0 Å². The second kappa shape index (κ2) is 3.87. The molecule has 4 heteroatoms. The number of hydrogen-bond donors (Lipinski definition) is 1. The Balaban J connectivity index is 2.79. The van der Waals surface area contributed by atoms with Crippen LogP contribution in [0.15, 0.2) is 4.52 Å². The molecule has 0 spiro atoms. The van der Waals surface area contributed by atoms with Crippen LogP contribution in [-0.2, 0) is 0 Å². The summed E-state index contributed by atoms with van der Waals surface area (Å²) >= 11 is 0. The van der Waals surface area contributed by atoms with E-state index in [0.717, 1.165) is 5.82 Å². The van der Waals surface area contributed by atoms with Gasteiger partial charge in [0.1, 0.15) is 0 Å². The van der Waals surface area contributed by atoms with Crippen molar-refractivity contribution in [2.24, 2.45) is 11.7 Å². The Labute approximate surface area is 78.5 Å². The quantitative estimate of drug-likeness (QED) is 0.776. The molecule has 1 heterocycles. The van der Waals surface area contributed by atoms with E-state index in [-0.39, 0.29) is 12.0 Å². The van der Waals surface area contributed by atoms with Crippen molar-refractivity contribution in [1.29, 1.82) is 0 Å². The zero-order chi connectivity index (χ0) is 10.0. The molecule has 0 aliphatic rings. The van der Waals surface area contributed by atoms with Gasteiger partial charge in [-0.1, -0.05) is 32.9 Å². The van der Waals surface area contributed by atoms with Gasteiger partial charge in [0.25, 0.3) is 0 Å². The zero-order valence-electron chi connectivity index (χ0n) is 8.61. The van der Waals surface area contributed by atoms with Crippen LogP contribution < -0.4 is 5.73 Å². The van der Waals surface area contributed by atoms with E-state index >= 15 is 0 Å². The van der Waals surface area contributed by atoms with Crippen molar-refractivity contribution in [1.82, 2.24) is 10.1 Å². The van der Waals surface area contributed by atoms with Gasteiger partial charge in [0.05, 0.1) is 6.04 Å². The van der Waals surface area contributed by atoms with Crippen molar-refractivity contribution < 1.29 is 4.52 Å². The molecule has 1 rings (SSSR count).